The van der Waals surface area contributed by atoms with E-state index in [2.05, 4.69) is 34.5 Å². The van der Waals surface area contributed by atoms with Crippen molar-refractivity contribution in [1.82, 2.24) is 15.1 Å². The molecule has 3 fully saturated rings. The van der Waals surface area contributed by atoms with E-state index in [0.29, 0.717) is 18.4 Å². The van der Waals surface area contributed by atoms with Gasteiger partial charge in [-0.15, -0.1) is 0 Å². The maximum atomic E-state index is 12.6. The molecular weight excluding hydrogens is 362 g/mol. The lowest BCUT2D eigenvalue weighted by atomic mass is 9.86. The van der Waals surface area contributed by atoms with E-state index >= 15 is 0 Å². The molecule has 1 heterocycles. The summed E-state index contributed by atoms with van der Waals surface area (Å²) < 4.78 is 0. The van der Waals surface area contributed by atoms with Crippen molar-refractivity contribution in [2.75, 3.05) is 39.3 Å². The monoisotopic (exact) mass is 397 g/mol. The van der Waals surface area contributed by atoms with E-state index in [1.807, 2.05) is 11.0 Å². The number of carbonyl (C=O) groups is 2. The molecule has 3 aliphatic rings. The van der Waals surface area contributed by atoms with E-state index in [1.165, 1.54) is 37.7 Å². The average Bonchev–Trinajstić information content (AvgIpc) is 3.55. The van der Waals surface area contributed by atoms with Crippen LogP contribution in [0.25, 0.3) is 0 Å². The highest BCUT2D eigenvalue weighted by atomic mass is 16.2. The summed E-state index contributed by atoms with van der Waals surface area (Å²) in [6.07, 6.45) is 9.36. The van der Waals surface area contributed by atoms with Crippen LogP contribution in [0.15, 0.2) is 30.3 Å². The molecule has 29 heavy (non-hydrogen) atoms. The molecule has 0 spiro atoms. The minimum Gasteiger partial charge on any atom is -0.354 e. The fourth-order valence-corrected chi connectivity index (χ4v) is 4.96. The van der Waals surface area contributed by atoms with Crippen molar-refractivity contribution in [2.24, 2.45) is 5.92 Å². The summed E-state index contributed by atoms with van der Waals surface area (Å²) in [6, 6.07) is 10.5. The van der Waals surface area contributed by atoms with E-state index in [4.69, 9.17) is 0 Å². The standard InChI is InChI=1S/C24H35N3O2/c28-22(25-19-24(11-12-24)21-9-5-2-6-10-21)18-26-13-15-27(16-14-26)23(29)17-20-7-3-1-4-8-20/h2,5-6,9-10,20H,1,3-4,7-8,11-19H2,(H,25,28). The fraction of sp³-hybridized carbons (Fsp3) is 0.667. The number of nitrogens with one attached hydrogen (secondary N) is 1. The normalized spacial score (nSPS) is 22.3. The highest BCUT2D eigenvalue weighted by Crippen LogP contribution is 2.47. The average molecular weight is 398 g/mol. The van der Waals surface area contributed by atoms with Crippen LogP contribution in [0.4, 0.5) is 0 Å². The molecule has 2 amide bonds. The zero-order valence-electron chi connectivity index (χ0n) is 17.6. The van der Waals surface area contributed by atoms with Gasteiger partial charge in [-0.1, -0.05) is 49.6 Å². The smallest absolute Gasteiger partial charge is 0.234 e. The van der Waals surface area contributed by atoms with Gasteiger partial charge >= 0.3 is 0 Å². The number of carbonyl (C=O) groups excluding carboxylic acids is 2. The van der Waals surface area contributed by atoms with Gasteiger partial charge in [0.05, 0.1) is 6.54 Å². The van der Waals surface area contributed by atoms with E-state index in [-0.39, 0.29) is 11.3 Å². The van der Waals surface area contributed by atoms with Crippen molar-refractivity contribution in [3.63, 3.8) is 0 Å². The molecule has 1 N–H and O–H groups in total. The van der Waals surface area contributed by atoms with E-state index in [0.717, 1.165) is 52.0 Å². The second-order valence-electron chi connectivity index (χ2n) is 9.29. The number of rotatable bonds is 7. The Morgan fingerprint density at radius 1 is 0.966 bits per heavy atom. The third kappa shape index (κ3) is 5.39. The Labute approximate surface area is 174 Å². The van der Waals surface area contributed by atoms with Gasteiger partial charge in [-0.05, 0) is 37.2 Å². The zero-order chi connectivity index (χ0) is 20.1. The highest BCUT2D eigenvalue weighted by molar-refractivity contribution is 5.78. The van der Waals surface area contributed by atoms with Crippen LogP contribution in [0.5, 0.6) is 0 Å². The predicted octanol–water partition coefficient (Wildman–Crippen LogP) is 2.95. The van der Waals surface area contributed by atoms with Gasteiger partial charge in [-0.25, -0.2) is 0 Å². The maximum absolute atomic E-state index is 12.6. The summed E-state index contributed by atoms with van der Waals surface area (Å²) in [6.45, 7) is 4.28. The van der Waals surface area contributed by atoms with Crippen molar-refractivity contribution >= 4 is 11.8 Å². The van der Waals surface area contributed by atoms with Gasteiger partial charge in [-0.2, -0.15) is 0 Å². The molecule has 4 rings (SSSR count). The lowest BCUT2D eigenvalue weighted by Crippen LogP contribution is -2.51. The molecule has 0 radical (unpaired) electrons. The van der Waals surface area contributed by atoms with Crippen molar-refractivity contribution in [3.05, 3.63) is 35.9 Å². The topological polar surface area (TPSA) is 52.7 Å². The Morgan fingerprint density at radius 2 is 1.66 bits per heavy atom. The highest BCUT2D eigenvalue weighted by Gasteiger charge is 2.44. The van der Waals surface area contributed by atoms with E-state index in [1.54, 1.807) is 0 Å². The Kier molecular flexibility index (Phi) is 6.53. The number of nitrogens with zero attached hydrogens (tertiary/aromatic N) is 2. The largest absolute Gasteiger partial charge is 0.354 e. The second-order valence-corrected chi connectivity index (χ2v) is 9.29. The van der Waals surface area contributed by atoms with Crippen LogP contribution in [0.2, 0.25) is 0 Å². The van der Waals surface area contributed by atoms with Gasteiger partial charge in [0.2, 0.25) is 11.8 Å². The summed E-state index contributed by atoms with van der Waals surface area (Å²) >= 11 is 0. The second kappa shape index (κ2) is 9.29. The summed E-state index contributed by atoms with van der Waals surface area (Å²) in [5, 5.41) is 3.16. The number of benzene rings is 1. The summed E-state index contributed by atoms with van der Waals surface area (Å²) in [4.78, 5) is 29.2. The number of hydrogen-bond acceptors (Lipinski definition) is 3. The third-order valence-electron chi connectivity index (χ3n) is 7.14. The lowest BCUT2D eigenvalue weighted by molar-refractivity contribution is -0.134. The first kappa shape index (κ1) is 20.4. The van der Waals surface area contributed by atoms with Crippen molar-refractivity contribution in [2.45, 2.75) is 56.8 Å². The summed E-state index contributed by atoms with van der Waals surface area (Å²) in [5.41, 5.74) is 1.49. The molecule has 0 unspecified atom stereocenters. The molecule has 0 bridgehead atoms. The van der Waals surface area contributed by atoms with Gasteiger partial charge in [0.1, 0.15) is 0 Å². The fourth-order valence-electron chi connectivity index (χ4n) is 4.96. The lowest BCUT2D eigenvalue weighted by Gasteiger charge is -2.35. The van der Waals surface area contributed by atoms with Crippen molar-refractivity contribution < 1.29 is 9.59 Å². The van der Waals surface area contributed by atoms with Crippen LogP contribution in [-0.2, 0) is 15.0 Å². The SMILES string of the molecule is O=C(CN1CCN(C(=O)CC2CCCCC2)CC1)NCC1(c2ccccc2)CC1. The van der Waals surface area contributed by atoms with Crippen LogP contribution in [0.1, 0.15) is 56.9 Å². The molecule has 2 aliphatic carbocycles. The Bertz CT molecular complexity index is 687. The zero-order valence-corrected chi connectivity index (χ0v) is 17.6. The third-order valence-corrected chi connectivity index (χ3v) is 7.14. The van der Waals surface area contributed by atoms with Crippen LogP contribution in [0.3, 0.4) is 0 Å². The van der Waals surface area contributed by atoms with Crippen LogP contribution in [-0.4, -0.2) is 60.9 Å². The van der Waals surface area contributed by atoms with Gasteiger partial charge in [-0.3, -0.25) is 14.5 Å². The maximum Gasteiger partial charge on any atom is 0.234 e. The first-order valence-corrected chi connectivity index (χ1v) is 11.5. The van der Waals surface area contributed by atoms with Crippen LogP contribution < -0.4 is 5.32 Å². The summed E-state index contributed by atoms with van der Waals surface area (Å²) in [5.74, 6) is 1.02. The molecule has 1 aliphatic heterocycles. The summed E-state index contributed by atoms with van der Waals surface area (Å²) in [7, 11) is 0. The molecule has 158 valence electrons. The van der Waals surface area contributed by atoms with Gasteiger partial charge in [0.25, 0.3) is 0 Å². The molecule has 1 aromatic carbocycles. The molecule has 0 atom stereocenters. The van der Waals surface area contributed by atoms with Crippen molar-refractivity contribution in [3.8, 4) is 0 Å². The van der Waals surface area contributed by atoms with Gasteiger partial charge < -0.3 is 10.2 Å². The molecule has 2 saturated carbocycles. The first-order valence-electron chi connectivity index (χ1n) is 11.5. The Balaban J connectivity index is 1.16. The minimum atomic E-state index is 0.106. The number of piperazine rings is 1. The molecule has 1 aromatic rings. The first-order chi connectivity index (χ1) is 14.1. The molecule has 5 heteroatoms. The minimum absolute atomic E-state index is 0.106. The van der Waals surface area contributed by atoms with Crippen LogP contribution in [0, 0.1) is 5.92 Å². The molecular formula is C24H35N3O2. The number of hydrogen-bond donors (Lipinski definition) is 1. The van der Waals surface area contributed by atoms with E-state index < -0.39 is 0 Å². The van der Waals surface area contributed by atoms with Gasteiger partial charge in [0.15, 0.2) is 0 Å². The van der Waals surface area contributed by atoms with Crippen molar-refractivity contribution in [1.29, 1.82) is 0 Å². The number of amides is 2. The van der Waals surface area contributed by atoms with E-state index in [9.17, 15) is 9.59 Å². The molecule has 5 nitrogen and oxygen atoms in total. The Morgan fingerprint density at radius 3 is 2.31 bits per heavy atom. The molecule has 1 saturated heterocycles. The predicted molar refractivity (Wildman–Crippen MR) is 115 cm³/mol. The van der Waals surface area contributed by atoms with Crippen LogP contribution >= 0.6 is 0 Å². The van der Waals surface area contributed by atoms with Gasteiger partial charge in [0, 0.05) is 44.6 Å². The quantitative estimate of drug-likeness (QED) is 0.770. The Hall–Kier alpha value is -1.88. The molecule has 0 aromatic heterocycles.